The van der Waals surface area contributed by atoms with Gasteiger partial charge in [0.15, 0.2) is 0 Å². The van der Waals surface area contributed by atoms with Crippen LogP contribution in [-0.2, 0) is 6.54 Å². The molecule has 0 spiro atoms. The molecule has 1 amide bonds. The van der Waals surface area contributed by atoms with Crippen molar-refractivity contribution in [2.45, 2.75) is 31.3 Å². The van der Waals surface area contributed by atoms with Gasteiger partial charge in [-0.25, -0.2) is 8.78 Å². The normalized spacial score (nSPS) is 20.1. The lowest BCUT2D eigenvalue weighted by atomic mass is 9.88. The molecule has 2 aliphatic rings. The molecule has 1 saturated heterocycles. The third-order valence-electron chi connectivity index (χ3n) is 7.11. The van der Waals surface area contributed by atoms with E-state index in [4.69, 9.17) is 4.74 Å². The maximum Gasteiger partial charge on any atom is 0.254 e. The smallest absolute Gasteiger partial charge is 0.254 e. The van der Waals surface area contributed by atoms with Gasteiger partial charge >= 0.3 is 0 Å². The molecule has 5 rings (SSSR count). The summed E-state index contributed by atoms with van der Waals surface area (Å²) in [5.41, 5.74) is 2.64. The van der Waals surface area contributed by atoms with E-state index in [2.05, 4.69) is 11.0 Å². The summed E-state index contributed by atoms with van der Waals surface area (Å²) in [6.07, 6.45) is 1.95. The third kappa shape index (κ3) is 5.54. The Morgan fingerprint density at radius 2 is 1.74 bits per heavy atom. The van der Waals surface area contributed by atoms with Crippen molar-refractivity contribution in [3.05, 3.63) is 101 Å². The molecule has 0 aromatic heterocycles. The summed E-state index contributed by atoms with van der Waals surface area (Å²) in [6.45, 7) is 3.00. The van der Waals surface area contributed by atoms with Crippen molar-refractivity contribution in [1.29, 1.82) is 0 Å². The molecule has 1 heterocycles. The number of likely N-dealkylation sites (tertiary alicyclic amines) is 1. The highest BCUT2D eigenvalue weighted by Gasteiger charge is 2.40. The Bertz CT molecular complexity index is 1180. The zero-order valence-corrected chi connectivity index (χ0v) is 19.9. The van der Waals surface area contributed by atoms with Gasteiger partial charge in [0.05, 0.1) is 7.11 Å². The van der Waals surface area contributed by atoms with Crippen molar-refractivity contribution in [3.8, 4) is 5.75 Å². The topological polar surface area (TPSA) is 32.8 Å². The van der Waals surface area contributed by atoms with Crippen molar-refractivity contribution < 1.29 is 18.3 Å². The molecular weight excluding hydrogens is 446 g/mol. The van der Waals surface area contributed by atoms with Crippen molar-refractivity contribution in [2.75, 3.05) is 26.7 Å². The highest BCUT2D eigenvalue weighted by molar-refractivity contribution is 5.94. The van der Waals surface area contributed by atoms with Crippen molar-refractivity contribution >= 4 is 5.91 Å². The van der Waals surface area contributed by atoms with Crippen molar-refractivity contribution in [3.63, 3.8) is 0 Å². The number of nitrogens with zero attached hydrogens (tertiary/aromatic N) is 2. The van der Waals surface area contributed by atoms with E-state index in [9.17, 15) is 13.6 Å². The molecule has 2 atom stereocenters. The summed E-state index contributed by atoms with van der Waals surface area (Å²) < 4.78 is 32.9. The summed E-state index contributed by atoms with van der Waals surface area (Å²) in [7, 11) is 1.66. The number of amides is 1. The molecule has 2 unspecified atom stereocenters. The van der Waals surface area contributed by atoms with Gasteiger partial charge in [0.2, 0.25) is 0 Å². The van der Waals surface area contributed by atoms with Crippen LogP contribution in [-0.4, -0.2) is 48.5 Å². The zero-order valence-electron chi connectivity index (χ0n) is 19.9. The van der Waals surface area contributed by atoms with Gasteiger partial charge in [-0.2, -0.15) is 0 Å². The first-order valence-electron chi connectivity index (χ1n) is 12.2. The van der Waals surface area contributed by atoms with Crippen LogP contribution in [0.15, 0.2) is 72.8 Å². The maximum atomic E-state index is 13.8. The highest BCUT2D eigenvalue weighted by Crippen LogP contribution is 2.37. The monoisotopic (exact) mass is 476 g/mol. The quantitative estimate of drug-likeness (QED) is 0.431. The van der Waals surface area contributed by atoms with E-state index in [1.165, 1.54) is 24.3 Å². The van der Waals surface area contributed by atoms with Crippen LogP contribution in [0, 0.1) is 17.6 Å². The molecule has 0 radical (unpaired) electrons. The number of halogens is 2. The summed E-state index contributed by atoms with van der Waals surface area (Å²) in [6, 6.07) is 20.9. The second-order valence-electron chi connectivity index (χ2n) is 9.66. The number of rotatable bonds is 8. The fraction of sp³-hybridized carbons (Fsp3) is 0.345. The second-order valence-corrected chi connectivity index (χ2v) is 9.66. The molecule has 3 aromatic carbocycles. The summed E-state index contributed by atoms with van der Waals surface area (Å²) in [5.74, 6) is 0.413. The molecule has 1 aliphatic heterocycles. The fourth-order valence-corrected chi connectivity index (χ4v) is 5.22. The van der Waals surface area contributed by atoms with Gasteiger partial charge in [-0.1, -0.05) is 30.3 Å². The molecule has 1 saturated carbocycles. The van der Waals surface area contributed by atoms with Crippen molar-refractivity contribution in [1.82, 2.24) is 9.80 Å². The first kappa shape index (κ1) is 23.5. The van der Waals surface area contributed by atoms with E-state index in [0.29, 0.717) is 12.1 Å². The number of hydrogen-bond acceptors (Lipinski definition) is 3. The molecule has 0 N–H and O–H groups in total. The molecule has 1 aliphatic carbocycles. The maximum absolute atomic E-state index is 13.8. The molecule has 6 heteroatoms. The molecule has 182 valence electrons. The Kier molecular flexibility index (Phi) is 6.82. The fourth-order valence-electron chi connectivity index (χ4n) is 5.22. The van der Waals surface area contributed by atoms with Crippen LogP contribution in [0.4, 0.5) is 8.78 Å². The van der Waals surface area contributed by atoms with Crippen LogP contribution in [0.25, 0.3) is 0 Å². The minimum atomic E-state index is -0.402. The Morgan fingerprint density at radius 1 is 0.971 bits per heavy atom. The van der Waals surface area contributed by atoms with E-state index in [-0.39, 0.29) is 29.6 Å². The van der Waals surface area contributed by atoms with Crippen molar-refractivity contribution in [2.24, 2.45) is 5.92 Å². The van der Waals surface area contributed by atoms with Gasteiger partial charge in [0.25, 0.3) is 5.91 Å². The third-order valence-corrected chi connectivity index (χ3v) is 7.11. The second kappa shape index (κ2) is 10.2. The van der Waals surface area contributed by atoms with Crippen LogP contribution in [0.1, 0.15) is 40.2 Å². The molecule has 3 aromatic rings. The average Bonchev–Trinajstić information content (AvgIpc) is 3.63. The SMILES string of the molecule is COc1cccc(CN2CC(CN(C(=O)c3cccc(F)c3)C3CC3)C(c3ccc(F)cc3)C2)c1. The summed E-state index contributed by atoms with van der Waals surface area (Å²) in [4.78, 5) is 17.7. The lowest BCUT2D eigenvalue weighted by Gasteiger charge is -2.29. The Labute approximate surface area is 205 Å². The first-order chi connectivity index (χ1) is 17.0. The van der Waals surface area contributed by atoms with E-state index in [1.807, 2.05) is 35.2 Å². The van der Waals surface area contributed by atoms with Crippen LogP contribution in [0.3, 0.4) is 0 Å². The standard InChI is InChI=1S/C29H30F2N2O2/c1-35-27-7-2-4-20(14-27)16-32-17-23(28(19-32)21-8-10-24(30)11-9-21)18-33(26-12-13-26)29(34)22-5-3-6-25(31)15-22/h2-11,14-15,23,26,28H,12-13,16-19H2,1H3. The van der Waals surface area contributed by atoms with Crippen LogP contribution < -0.4 is 4.74 Å². The number of ether oxygens (including phenoxy) is 1. The van der Waals surface area contributed by atoms with Crippen LogP contribution in [0.2, 0.25) is 0 Å². The van der Waals surface area contributed by atoms with E-state index in [0.717, 1.165) is 49.4 Å². The number of methoxy groups -OCH3 is 1. The average molecular weight is 477 g/mol. The van der Waals surface area contributed by atoms with Gasteiger partial charge in [-0.3, -0.25) is 9.69 Å². The van der Waals surface area contributed by atoms with Crippen LogP contribution in [0.5, 0.6) is 5.75 Å². The van der Waals surface area contributed by atoms with Gasteiger partial charge in [-0.05, 0) is 72.4 Å². The molecule has 35 heavy (non-hydrogen) atoms. The van der Waals surface area contributed by atoms with E-state index >= 15 is 0 Å². The Balaban J connectivity index is 1.38. The van der Waals surface area contributed by atoms with Gasteiger partial charge in [0.1, 0.15) is 17.4 Å². The van der Waals surface area contributed by atoms with Gasteiger partial charge < -0.3 is 9.64 Å². The van der Waals surface area contributed by atoms with Gasteiger partial charge in [0, 0.05) is 43.7 Å². The lowest BCUT2D eigenvalue weighted by Crippen LogP contribution is -2.39. The number of hydrogen-bond donors (Lipinski definition) is 0. The predicted octanol–water partition coefficient (Wildman–Crippen LogP) is 5.49. The summed E-state index contributed by atoms with van der Waals surface area (Å²) >= 11 is 0. The summed E-state index contributed by atoms with van der Waals surface area (Å²) in [5, 5.41) is 0. The zero-order chi connectivity index (χ0) is 24.4. The minimum absolute atomic E-state index is 0.115. The molecule has 4 nitrogen and oxygen atoms in total. The number of carbonyl (C=O) groups excluding carboxylic acids is 1. The minimum Gasteiger partial charge on any atom is -0.497 e. The number of benzene rings is 3. The molecular formula is C29H30F2N2O2. The van der Waals surface area contributed by atoms with Gasteiger partial charge in [-0.15, -0.1) is 0 Å². The van der Waals surface area contributed by atoms with E-state index in [1.54, 1.807) is 19.2 Å². The first-order valence-corrected chi connectivity index (χ1v) is 12.2. The van der Waals surface area contributed by atoms with E-state index < -0.39 is 5.82 Å². The molecule has 0 bridgehead atoms. The number of carbonyl (C=O) groups is 1. The molecule has 2 fully saturated rings. The largest absolute Gasteiger partial charge is 0.497 e. The lowest BCUT2D eigenvalue weighted by molar-refractivity contribution is 0.0710. The van der Waals surface area contributed by atoms with Crippen LogP contribution >= 0.6 is 0 Å². The Hall–Kier alpha value is -3.25. The predicted molar refractivity (Wildman–Crippen MR) is 131 cm³/mol. The Morgan fingerprint density at radius 3 is 2.46 bits per heavy atom. The highest BCUT2D eigenvalue weighted by atomic mass is 19.1.